The lowest BCUT2D eigenvalue weighted by Crippen LogP contribution is -2.18. The monoisotopic (exact) mass is 221 g/mol. The fourth-order valence-electron chi connectivity index (χ4n) is 1.87. The highest BCUT2D eigenvalue weighted by Gasteiger charge is 2.14. The first-order chi connectivity index (χ1) is 7.25. The summed E-state index contributed by atoms with van der Waals surface area (Å²) in [5.41, 5.74) is 2.71. The van der Waals surface area contributed by atoms with Crippen LogP contribution >= 0.6 is 11.8 Å². The maximum absolute atomic E-state index is 3.62. The van der Waals surface area contributed by atoms with Gasteiger partial charge in [0, 0.05) is 17.5 Å². The second kappa shape index (κ2) is 4.93. The molecule has 0 amide bonds. The second-order valence-corrected chi connectivity index (χ2v) is 5.63. The maximum Gasteiger partial charge on any atom is 0.0359 e. The summed E-state index contributed by atoms with van der Waals surface area (Å²) in [5, 5.41) is 3.62. The van der Waals surface area contributed by atoms with Gasteiger partial charge in [0.05, 0.1) is 0 Å². The van der Waals surface area contributed by atoms with Gasteiger partial charge in [0.2, 0.25) is 0 Å². The van der Waals surface area contributed by atoms with Crippen LogP contribution in [-0.2, 0) is 0 Å². The Morgan fingerprint density at radius 1 is 1.40 bits per heavy atom. The van der Waals surface area contributed by atoms with Crippen molar-refractivity contribution in [2.45, 2.75) is 32.2 Å². The predicted molar refractivity (Wildman–Crippen MR) is 69.9 cm³/mol. The first kappa shape index (κ1) is 10.9. The van der Waals surface area contributed by atoms with E-state index in [2.05, 4.69) is 43.4 Å². The molecule has 1 fully saturated rings. The number of benzene rings is 1. The van der Waals surface area contributed by atoms with Crippen LogP contribution in [0.5, 0.6) is 0 Å². The average molecular weight is 221 g/mol. The molecular weight excluding hydrogens is 202 g/mol. The van der Waals surface area contributed by atoms with E-state index in [-0.39, 0.29) is 0 Å². The van der Waals surface area contributed by atoms with Crippen LogP contribution in [0.15, 0.2) is 24.3 Å². The molecule has 2 heteroatoms. The number of hydrogen-bond donors (Lipinski definition) is 1. The topological polar surface area (TPSA) is 12.0 Å². The van der Waals surface area contributed by atoms with Crippen LogP contribution in [0.1, 0.15) is 31.7 Å². The Labute approximate surface area is 96.7 Å². The zero-order chi connectivity index (χ0) is 10.7. The van der Waals surface area contributed by atoms with Crippen LogP contribution in [0.3, 0.4) is 0 Å². The van der Waals surface area contributed by atoms with E-state index in [9.17, 15) is 0 Å². The summed E-state index contributed by atoms with van der Waals surface area (Å²) in [7, 11) is 0. The smallest absolute Gasteiger partial charge is 0.0359 e. The van der Waals surface area contributed by atoms with E-state index in [0.29, 0.717) is 12.0 Å². The molecule has 1 saturated heterocycles. The van der Waals surface area contributed by atoms with Gasteiger partial charge in [-0.05, 0) is 35.8 Å². The Morgan fingerprint density at radius 2 is 2.27 bits per heavy atom. The number of nitrogens with one attached hydrogen (secondary N) is 1. The van der Waals surface area contributed by atoms with Gasteiger partial charge in [0.15, 0.2) is 0 Å². The Bertz CT molecular complexity index is 316. The molecule has 1 aliphatic rings. The summed E-state index contributed by atoms with van der Waals surface area (Å²) in [6.07, 6.45) is 1.30. The summed E-state index contributed by atoms with van der Waals surface area (Å²) < 4.78 is 0. The van der Waals surface area contributed by atoms with Crippen molar-refractivity contribution < 1.29 is 0 Å². The third-order valence-corrected chi connectivity index (χ3v) is 4.02. The minimum atomic E-state index is 0.615. The lowest BCUT2D eigenvalue weighted by atomic mass is 10.0. The Morgan fingerprint density at radius 3 is 2.93 bits per heavy atom. The molecule has 15 heavy (non-hydrogen) atoms. The van der Waals surface area contributed by atoms with Crippen molar-refractivity contribution in [1.82, 2.24) is 0 Å². The van der Waals surface area contributed by atoms with E-state index in [1.165, 1.54) is 29.2 Å². The number of rotatable bonds is 3. The van der Waals surface area contributed by atoms with E-state index >= 15 is 0 Å². The molecular formula is C13H19NS. The lowest BCUT2D eigenvalue weighted by Gasteiger charge is -2.14. The van der Waals surface area contributed by atoms with Crippen LogP contribution in [0.2, 0.25) is 0 Å². The van der Waals surface area contributed by atoms with Gasteiger partial charge < -0.3 is 5.32 Å². The van der Waals surface area contributed by atoms with Crippen LogP contribution in [-0.4, -0.2) is 17.5 Å². The summed E-state index contributed by atoms with van der Waals surface area (Å²) >= 11 is 2.05. The molecule has 1 aromatic carbocycles. The zero-order valence-electron chi connectivity index (χ0n) is 9.49. The molecule has 2 rings (SSSR count). The van der Waals surface area contributed by atoms with Gasteiger partial charge in [-0.25, -0.2) is 0 Å². The summed E-state index contributed by atoms with van der Waals surface area (Å²) in [4.78, 5) is 0. The first-order valence-electron chi connectivity index (χ1n) is 5.70. The summed E-state index contributed by atoms with van der Waals surface area (Å²) in [5.74, 6) is 3.18. The molecule has 0 unspecified atom stereocenters. The molecule has 1 nitrogen and oxygen atoms in total. The van der Waals surface area contributed by atoms with Crippen LogP contribution in [0.25, 0.3) is 0 Å². The van der Waals surface area contributed by atoms with Crippen molar-refractivity contribution in [3.8, 4) is 0 Å². The Hall–Kier alpha value is -0.630. The van der Waals surface area contributed by atoms with Gasteiger partial charge in [0.25, 0.3) is 0 Å². The number of thioether (sulfide) groups is 1. The largest absolute Gasteiger partial charge is 0.381 e. The fraction of sp³-hybridized carbons (Fsp3) is 0.538. The third-order valence-electron chi connectivity index (χ3n) is 2.85. The standard InChI is InChI=1S/C13H19NS/c1-10(2)11-4-3-5-12(8-11)14-13-6-7-15-9-13/h3-5,8,10,13-14H,6-7,9H2,1-2H3/t13-/m0/s1. The van der Waals surface area contributed by atoms with E-state index in [0.717, 1.165) is 0 Å². The van der Waals surface area contributed by atoms with E-state index < -0.39 is 0 Å². The van der Waals surface area contributed by atoms with Crippen molar-refractivity contribution in [1.29, 1.82) is 0 Å². The molecule has 0 bridgehead atoms. The lowest BCUT2D eigenvalue weighted by molar-refractivity contribution is 0.810. The zero-order valence-corrected chi connectivity index (χ0v) is 10.3. The quantitative estimate of drug-likeness (QED) is 0.834. The normalized spacial score (nSPS) is 20.9. The van der Waals surface area contributed by atoms with Gasteiger partial charge in [-0.3, -0.25) is 0 Å². The summed E-state index contributed by atoms with van der Waals surface area (Å²) in [6.45, 7) is 4.48. The number of hydrogen-bond acceptors (Lipinski definition) is 2. The minimum Gasteiger partial charge on any atom is -0.381 e. The molecule has 1 heterocycles. The van der Waals surface area contributed by atoms with Crippen molar-refractivity contribution in [3.05, 3.63) is 29.8 Å². The van der Waals surface area contributed by atoms with Gasteiger partial charge in [-0.1, -0.05) is 26.0 Å². The first-order valence-corrected chi connectivity index (χ1v) is 6.85. The van der Waals surface area contributed by atoms with Gasteiger partial charge >= 0.3 is 0 Å². The maximum atomic E-state index is 3.62. The van der Waals surface area contributed by atoms with Crippen molar-refractivity contribution in [3.63, 3.8) is 0 Å². The van der Waals surface area contributed by atoms with Crippen molar-refractivity contribution in [2.75, 3.05) is 16.8 Å². The molecule has 0 saturated carbocycles. The van der Waals surface area contributed by atoms with Gasteiger partial charge in [0.1, 0.15) is 0 Å². The molecule has 0 radical (unpaired) electrons. The second-order valence-electron chi connectivity index (χ2n) is 4.49. The number of anilines is 1. The van der Waals surface area contributed by atoms with E-state index in [4.69, 9.17) is 0 Å². The van der Waals surface area contributed by atoms with Crippen molar-refractivity contribution in [2.24, 2.45) is 0 Å². The highest BCUT2D eigenvalue weighted by atomic mass is 32.2. The molecule has 1 atom stereocenters. The molecule has 1 aromatic rings. The van der Waals surface area contributed by atoms with Crippen LogP contribution < -0.4 is 5.32 Å². The predicted octanol–water partition coefficient (Wildman–Crippen LogP) is 3.73. The molecule has 0 aromatic heterocycles. The SMILES string of the molecule is CC(C)c1cccc(N[C@H]2CCSC2)c1. The average Bonchev–Trinajstić information content (AvgIpc) is 2.71. The molecule has 82 valence electrons. The fourth-order valence-corrected chi connectivity index (χ4v) is 3.02. The van der Waals surface area contributed by atoms with E-state index in [1.807, 2.05) is 11.8 Å². The molecule has 1 N–H and O–H groups in total. The Balaban J connectivity index is 2.04. The molecule has 1 aliphatic heterocycles. The highest BCUT2D eigenvalue weighted by Crippen LogP contribution is 2.23. The summed E-state index contributed by atoms with van der Waals surface area (Å²) in [6, 6.07) is 9.50. The minimum absolute atomic E-state index is 0.615. The van der Waals surface area contributed by atoms with Crippen LogP contribution in [0.4, 0.5) is 5.69 Å². The molecule has 0 aliphatic carbocycles. The van der Waals surface area contributed by atoms with E-state index in [1.54, 1.807) is 0 Å². The third kappa shape index (κ3) is 2.91. The molecule has 0 spiro atoms. The van der Waals surface area contributed by atoms with Gasteiger partial charge in [-0.15, -0.1) is 0 Å². The highest BCUT2D eigenvalue weighted by molar-refractivity contribution is 7.99. The van der Waals surface area contributed by atoms with Gasteiger partial charge in [-0.2, -0.15) is 11.8 Å². The van der Waals surface area contributed by atoms with Crippen molar-refractivity contribution >= 4 is 17.4 Å². The van der Waals surface area contributed by atoms with Crippen LogP contribution in [0, 0.1) is 0 Å². The Kier molecular flexibility index (Phi) is 3.57.